The molecular formula is C16H17N3O3. The molecule has 6 heteroatoms. The molecular weight excluding hydrogens is 282 g/mol. The molecule has 1 fully saturated rings. The van der Waals surface area contributed by atoms with Crippen molar-refractivity contribution in [1.29, 1.82) is 0 Å². The Morgan fingerprint density at radius 3 is 2.86 bits per heavy atom. The summed E-state index contributed by atoms with van der Waals surface area (Å²) in [5, 5.41) is 12.0. The summed E-state index contributed by atoms with van der Waals surface area (Å²) in [5.41, 5.74) is 0.994. The van der Waals surface area contributed by atoms with E-state index in [1.165, 1.54) is 18.9 Å². The molecule has 0 aliphatic heterocycles. The van der Waals surface area contributed by atoms with Gasteiger partial charge in [0.1, 0.15) is 5.82 Å². The predicted octanol–water partition coefficient (Wildman–Crippen LogP) is 2.58. The van der Waals surface area contributed by atoms with Crippen LogP contribution in [-0.2, 0) is 6.54 Å². The Kier molecular flexibility index (Phi) is 4.18. The van der Waals surface area contributed by atoms with E-state index in [1.54, 1.807) is 18.3 Å². The molecule has 0 bridgehead atoms. The smallest absolute Gasteiger partial charge is 0.354 e. The highest BCUT2D eigenvalue weighted by molar-refractivity contribution is 5.85. The average Bonchev–Trinajstić information content (AvgIpc) is 3.36. The zero-order chi connectivity index (χ0) is 15.4. The van der Waals surface area contributed by atoms with E-state index < -0.39 is 5.97 Å². The van der Waals surface area contributed by atoms with Crippen LogP contribution in [0.25, 0.3) is 0 Å². The SMILES string of the molecule is O=C(O)c1cccc(NCc2ccc(OCC3CC3)nc2)n1. The summed E-state index contributed by atoms with van der Waals surface area (Å²) in [7, 11) is 0. The molecule has 0 aromatic carbocycles. The van der Waals surface area contributed by atoms with E-state index in [4.69, 9.17) is 9.84 Å². The molecule has 1 aliphatic carbocycles. The number of carboxylic acids is 1. The van der Waals surface area contributed by atoms with Crippen LogP contribution in [0.2, 0.25) is 0 Å². The number of hydrogen-bond acceptors (Lipinski definition) is 5. The molecule has 0 saturated heterocycles. The standard InChI is InChI=1S/C16H17N3O3/c20-16(21)13-2-1-3-14(19-13)17-8-12-6-7-15(18-9-12)22-10-11-4-5-11/h1-3,6-7,9,11H,4-5,8,10H2,(H,17,19)(H,20,21). The molecule has 1 aliphatic rings. The predicted molar refractivity (Wildman–Crippen MR) is 81.0 cm³/mol. The fourth-order valence-electron chi connectivity index (χ4n) is 1.93. The number of rotatable bonds is 7. The highest BCUT2D eigenvalue weighted by Gasteiger charge is 2.21. The minimum atomic E-state index is -1.04. The lowest BCUT2D eigenvalue weighted by Gasteiger charge is -2.07. The van der Waals surface area contributed by atoms with Crippen LogP contribution in [0.5, 0.6) is 5.88 Å². The Hall–Kier alpha value is -2.63. The molecule has 2 heterocycles. The number of aromatic nitrogens is 2. The maximum atomic E-state index is 10.9. The second-order valence-corrected chi connectivity index (χ2v) is 5.33. The minimum Gasteiger partial charge on any atom is -0.477 e. The zero-order valence-electron chi connectivity index (χ0n) is 12.0. The van der Waals surface area contributed by atoms with Crippen LogP contribution in [0.4, 0.5) is 5.82 Å². The zero-order valence-corrected chi connectivity index (χ0v) is 12.0. The maximum absolute atomic E-state index is 10.9. The molecule has 22 heavy (non-hydrogen) atoms. The van der Waals surface area contributed by atoms with E-state index in [2.05, 4.69) is 15.3 Å². The fraction of sp³-hybridized carbons (Fsp3) is 0.312. The normalized spacial score (nSPS) is 13.6. The summed E-state index contributed by atoms with van der Waals surface area (Å²) in [6, 6.07) is 8.63. The topological polar surface area (TPSA) is 84.3 Å². The number of pyridine rings is 2. The Bertz CT molecular complexity index is 654. The Morgan fingerprint density at radius 2 is 2.18 bits per heavy atom. The van der Waals surface area contributed by atoms with E-state index in [0.717, 1.165) is 12.2 Å². The number of ether oxygens (including phenoxy) is 1. The first-order chi connectivity index (χ1) is 10.7. The number of carbonyl (C=O) groups is 1. The largest absolute Gasteiger partial charge is 0.477 e. The van der Waals surface area contributed by atoms with E-state index in [1.807, 2.05) is 12.1 Å². The van der Waals surface area contributed by atoms with E-state index in [0.29, 0.717) is 24.2 Å². The van der Waals surface area contributed by atoms with Gasteiger partial charge in [-0.2, -0.15) is 0 Å². The van der Waals surface area contributed by atoms with Gasteiger partial charge < -0.3 is 15.2 Å². The monoisotopic (exact) mass is 299 g/mol. The summed E-state index contributed by atoms with van der Waals surface area (Å²) in [4.78, 5) is 19.1. The van der Waals surface area contributed by atoms with Crippen LogP contribution < -0.4 is 10.1 Å². The first-order valence-electron chi connectivity index (χ1n) is 7.22. The summed E-state index contributed by atoms with van der Waals surface area (Å²) >= 11 is 0. The van der Waals surface area contributed by atoms with Crippen molar-refractivity contribution in [3.05, 3.63) is 47.8 Å². The quantitative estimate of drug-likeness (QED) is 0.817. The van der Waals surface area contributed by atoms with Crippen molar-refractivity contribution in [1.82, 2.24) is 9.97 Å². The highest BCUT2D eigenvalue weighted by Crippen LogP contribution is 2.29. The lowest BCUT2D eigenvalue weighted by molar-refractivity contribution is 0.0690. The van der Waals surface area contributed by atoms with Crippen molar-refractivity contribution in [3.8, 4) is 5.88 Å². The molecule has 1 saturated carbocycles. The summed E-state index contributed by atoms with van der Waals surface area (Å²) in [6.07, 6.45) is 4.26. The van der Waals surface area contributed by atoms with E-state index >= 15 is 0 Å². The maximum Gasteiger partial charge on any atom is 0.354 e. The van der Waals surface area contributed by atoms with Crippen LogP contribution in [0, 0.1) is 5.92 Å². The number of carboxylic acid groups (broad SMARTS) is 1. The lowest BCUT2D eigenvalue weighted by atomic mass is 10.3. The summed E-state index contributed by atoms with van der Waals surface area (Å²) < 4.78 is 5.58. The number of nitrogens with zero attached hydrogens (tertiary/aromatic N) is 2. The summed E-state index contributed by atoms with van der Waals surface area (Å²) in [5.74, 6) is 0.828. The first-order valence-corrected chi connectivity index (χ1v) is 7.22. The Morgan fingerprint density at radius 1 is 1.32 bits per heavy atom. The van der Waals surface area contributed by atoms with Gasteiger partial charge in [0.25, 0.3) is 0 Å². The van der Waals surface area contributed by atoms with Gasteiger partial charge in [0, 0.05) is 18.8 Å². The van der Waals surface area contributed by atoms with E-state index in [-0.39, 0.29) is 5.69 Å². The highest BCUT2D eigenvalue weighted by atomic mass is 16.5. The average molecular weight is 299 g/mol. The Labute approximate surface area is 128 Å². The van der Waals surface area contributed by atoms with Crippen LogP contribution in [0.3, 0.4) is 0 Å². The number of nitrogens with one attached hydrogen (secondary N) is 1. The van der Waals surface area contributed by atoms with Crippen LogP contribution >= 0.6 is 0 Å². The number of aromatic carboxylic acids is 1. The van der Waals surface area contributed by atoms with Crippen molar-refractivity contribution in [2.45, 2.75) is 19.4 Å². The van der Waals surface area contributed by atoms with Crippen LogP contribution in [0.1, 0.15) is 28.9 Å². The second-order valence-electron chi connectivity index (χ2n) is 5.33. The molecule has 2 N–H and O–H groups in total. The van der Waals surface area contributed by atoms with Gasteiger partial charge >= 0.3 is 5.97 Å². The van der Waals surface area contributed by atoms with Crippen molar-refractivity contribution in [2.75, 3.05) is 11.9 Å². The van der Waals surface area contributed by atoms with Crippen molar-refractivity contribution in [2.24, 2.45) is 5.92 Å². The molecule has 0 radical (unpaired) electrons. The lowest BCUT2D eigenvalue weighted by Crippen LogP contribution is -2.06. The molecule has 0 amide bonds. The number of anilines is 1. The number of hydrogen-bond donors (Lipinski definition) is 2. The third-order valence-electron chi connectivity index (χ3n) is 3.40. The van der Waals surface area contributed by atoms with Gasteiger partial charge in [0.2, 0.25) is 5.88 Å². The van der Waals surface area contributed by atoms with Gasteiger partial charge in [-0.1, -0.05) is 12.1 Å². The van der Waals surface area contributed by atoms with Gasteiger partial charge in [-0.05, 0) is 36.5 Å². The van der Waals surface area contributed by atoms with Crippen molar-refractivity contribution >= 4 is 11.8 Å². The molecule has 2 aromatic rings. The van der Waals surface area contributed by atoms with Gasteiger partial charge in [0.15, 0.2) is 5.69 Å². The van der Waals surface area contributed by atoms with Gasteiger partial charge in [0.05, 0.1) is 6.61 Å². The van der Waals surface area contributed by atoms with Gasteiger partial charge in [-0.15, -0.1) is 0 Å². The molecule has 0 unspecified atom stereocenters. The van der Waals surface area contributed by atoms with Crippen molar-refractivity contribution in [3.63, 3.8) is 0 Å². The minimum absolute atomic E-state index is 0.0203. The van der Waals surface area contributed by atoms with Gasteiger partial charge in [-0.25, -0.2) is 14.8 Å². The fourth-order valence-corrected chi connectivity index (χ4v) is 1.93. The first kappa shape index (κ1) is 14.3. The molecule has 3 rings (SSSR count). The van der Waals surface area contributed by atoms with Gasteiger partial charge in [-0.3, -0.25) is 0 Å². The van der Waals surface area contributed by atoms with Crippen molar-refractivity contribution < 1.29 is 14.6 Å². The molecule has 2 aromatic heterocycles. The third-order valence-corrected chi connectivity index (χ3v) is 3.40. The second kappa shape index (κ2) is 6.43. The molecule has 0 atom stereocenters. The Balaban J connectivity index is 1.54. The molecule has 6 nitrogen and oxygen atoms in total. The van der Waals surface area contributed by atoms with E-state index in [9.17, 15) is 4.79 Å². The third kappa shape index (κ3) is 3.94. The van der Waals surface area contributed by atoms with Crippen LogP contribution in [0.15, 0.2) is 36.5 Å². The molecule has 114 valence electrons. The summed E-state index contributed by atoms with van der Waals surface area (Å²) in [6.45, 7) is 1.27. The molecule has 0 spiro atoms. The van der Waals surface area contributed by atoms with Crippen LogP contribution in [-0.4, -0.2) is 27.7 Å².